The van der Waals surface area contributed by atoms with Crippen molar-refractivity contribution in [1.29, 1.82) is 0 Å². The molecule has 0 unspecified atom stereocenters. The minimum Gasteiger partial charge on any atom is -0.497 e. The molecule has 2 rings (SSSR count). The molecule has 4 heteroatoms. The lowest BCUT2D eigenvalue weighted by Crippen LogP contribution is -2.02. The van der Waals surface area contributed by atoms with Gasteiger partial charge in [0.25, 0.3) is 0 Å². The van der Waals surface area contributed by atoms with Crippen LogP contribution in [0.5, 0.6) is 17.2 Å². The second-order valence-electron chi connectivity index (χ2n) is 4.46. The van der Waals surface area contributed by atoms with Gasteiger partial charge in [-0.15, -0.1) is 0 Å². The zero-order chi connectivity index (χ0) is 14.5. The van der Waals surface area contributed by atoms with E-state index < -0.39 is 5.97 Å². The van der Waals surface area contributed by atoms with E-state index in [9.17, 15) is 4.79 Å². The third kappa shape index (κ3) is 3.51. The molecule has 104 valence electrons. The summed E-state index contributed by atoms with van der Waals surface area (Å²) in [6.07, 6.45) is -0.0685. The molecule has 2 aromatic carbocycles. The van der Waals surface area contributed by atoms with Crippen LogP contribution in [0.1, 0.15) is 11.1 Å². The number of carboxylic acid groups (broad SMARTS) is 1. The Morgan fingerprint density at radius 1 is 1.15 bits per heavy atom. The molecule has 0 bridgehead atoms. The third-order valence-corrected chi connectivity index (χ3v) is 2.83. The van der Waals surface area contributed by atoms with E-state index in [-0.39, 0.29) is 6.42 Å². The summed E-state index contributed by atoms with van der Waals surface area (Å²) >= 11 is 0. The molecule has 0 heterocycles. The monoisotopic (exact) mass is 272 g/mol. The molecule has 0 aromatic heterocycles. The van der Waals surface area contributed by atoms with Gasteiger partial charge in [-0.1, -0.05) is 23.8 Å². The average Bonchev–Trinajstić information content (AvgIpc) is 2.41. The van der Waals surface area contributed by atoms with Crippen LogP contribution in [-0.2, 0) is 11.2 Å². The molecule has 1 N–H and O–H groups in total. The van der Waals surface area contributed by atoms with E-state index >= 15 is 0 Å². The van der Waals surface area contributed by atoms with Gasteiger partial charge in [-0.05, 0) is 25.1 Å². The fourth-order valence-corrected chi connectivity index (χ4v) is 1.90. The van der Waals surface area contributed by atoms with Crippen LogP contribution in [-0.4, -0.2) is 18.2 Å². The van der Waals surface area contributed by atoms with Gasteiger partial charge in [-0.2, -0.15) is 0 Å². The van der Waals surface area contributed by atoms with Gasteiger partial charge in [0.15, 0.2) is 0 Å². The number of hydrogen-bond acceptors (Lipinski definition) is 3. The molecule has 0 amide bonds. The molecule has 0 atom stereocenters. The molecule has 2 aromatic rings. The molecular formula is C16H16O4. The van der Waals surface area contributed by atoms with Gasteiger partial charge < -0.3 is 14.6 Å². The summed E-state index contributed by atoms with van der Waals surface area (Å²) in [5.41, 5.74) is 1.65. The number of hydrogen-bond donors (Lipinski definition) is 1. The quantitative estimate of drug-likeness (QED) is 0.906. The zero-order valence-electron chi connectivity index (χ0n) is 11.4. The third-order valence-electron chi connectivity index (χ3n) is 2.83. The van der Waals surface area contributed by atoms with Crippen molar-refractivity contribution in [1.82, 2.24) is 0 Å². The van der Waals surface area contributed by atoms with Crippen molar-refractivity contribution in [2.24, 2.45) is 0 Å². The first-order chi connectivity index (χ1) is 9.58. The molecule has 20 heavy (non-hydrogen) atoms. The van der Waals surface area contributed by atoms with Crippen molar-refractivity contribution in [3.63, 3.8) is 0 Å². The second kappa shape index (κ2) is 6.10. The Bertz CT molecular complexity index is 620. The molecule has 0 fully saturated rings. The Balaban J connectivity index is 2.29. The van der Waals surface area contributed by atoms with Crippen LogP contribution in [0.25, 0.3) is 0 Å². The first-order valence-electron chi connectivity index (χ1n) is 6.21. The number of rotatable bonds is 5. The summed E-state index contributed by atoms with van der Waals surface area (Å²) in [4.78, 5) is 10.9. The van der Waals surface area contributed by atoms with Gasteiger partial charge in [-0.25, -0.2) is 0 Å². The molecule has 0 aliphatic rings. The highest BCUT2D eigenvalue weighted by molar-refractivity contribution is 5.71. The number of carboxylic acids is 1. The average molecular weight is 272 g/mol. The Morgan fingerprint density at radius 3 is 2.60 bits per heavy atom. The minimum atomic E-state index is -0.883. The van der Waals surface area contributed by atoms with Gasteiger partial charge in [0.05, 0.1) is 13.5 Å². The van der Waals surface area contributed by atoms with Crippen LogP contribution < -0.4 is 9.47 Å². The summed E-state index contributed by atoms with van der Waals surface area (Å²) in [5.74, 6) is 0.964. The van der Waals surface area contributed by atoms with Gasteiger partial charge in [-0.3, -0.25) is 4.79 Å². The van der Waals surface area contributed by atoms with Crippen LogP contribution in [0.4, 0.5) is 0 Å². The lowest BCUT2D eigenvalue weighted by molar-refractivity contribution is -0.136. The maximum Gasteiger partial charge on any atom is 0.307 e. The number of carbonyl (C=O) groups is 1. The Morgan fingerprint density at radius 2 is 1.90 bits per heavy atom. The second-order valence-corrected chi connectivity index (χ2v) is 4.46. The van der Waals surface area contributed by atoms with E-state index in [1.165, 1.54) is 0 Å². The lowest BCUT2D eigenvalue weighted by atomic mass is 10.1. The molecule has 4 nitrogen and oxygen atoms in total. The summed E-state index contributed by atoms with van der Waals surface area (Å²) in [6, 6.07) is 12.7. The number of ether oxygens (including phenoxy) is 2. The van der Waals surface area contributed by atoms with Crippen molar-refractivity contribution in [3.05, 3.63) is 53.6 Å². The van der Waals surface area contributed by atoms with Crippen molar-refractivity contribution in [3.8, 4) is 17.2 Å². The highest BCUT2D eigenvalue weighted by atomic mass is 16.5. The molecule has 0 radical (unpaired) electrons. The molecular weight excluding hydrogens is 256 g/mol. The standard InChI is InChI=1S/C16H16O4/c1-11-6-7-15(12(8-11)9-16(17)18)20-14-5-3-4-13(10-14)19-2/h3-8,10H,9H2,1-2H3,(H,17,18). The summed E-state index contributed by atoms with van der Waals surface area (Å²) < 4.78 is 10.9. The van der Waals surface area contributed by atoms with Crippen molar-refractivity contribution < 1.29 is 19.4 Å². The maximum atomic E-state index is 10.9. The van der Waals surface area contributed by atoms with E-state index in [1.807, 2.05) is 31.2 Å². The van der Waals surface area contributed by atoms with E-state index in [4.69, 9.17) is 14.6 Å². The zero-order valence-corrected chi connectivity index (χ0v) is 11.4. The summed E-state index contributed by atoms with van der Waals surface area (Å²) in [6.45, 7) is 1.92. The van der Waals surface area contributed by atoms with Gasteiger partial charge in [0.1, 0.15) is 17.2 Å². The summed E-state index contributed by atoms with van der Waals surface area (Å²) in [7, 11) is 1.58. The van der Waals surface area contributed by atoms with E-state index in [1.54, 1.807) is 25.3 Å². The van der Waals surface area contributed by atoms with Crippen LogP contribution in [0.2, 0.25) is 0 Å². The van der Waals surface area contributed by atoms with Gasteiger partial charge in [0, 0.05) is 11.6 Å². The minimum absolute atomic E-state index is 0.0685. The lowest BCUT2D eigenvalue weighted by Gasteiger charge is -2.11. The largest absolute Gasteiger partial charge is 0.497 e. The SMILES string of the molecule is COc1cccc(Oc2ccc(C)cc2CC(=O)O)c1. The molecule has 0 spiro atoms. The fraction of sp³-hybridized carbons (Fsp3) is 0.188. The normalized spacial score (nSPS) is 10.1. The predicted molar refractivity (Wildman–Crippen MR) is 75.6 cm³/mol. The number of aliphatic carboxylic acids is 1. The van der Waals surface area contributed by atoms with E-state index in [0.717, 1.165) is 5.56 Å². The Kier molecular flexibility index (Phi) is 4.25. The van der Waals surface area contributed by atoms with Crippen LogP contribution in [0.15, 0.2) is 42.5 Å². The molecule has 0 aliphatic heterocycles. The van der Waals surface area contributed by atoms with Crippen molar-refractivity contribution >= 4 is 5.97 Å². The number of benzene rings is 2. The topological polar surface area (TPSA) is 55.8 Å². The van der Waals surface area contributed by atoms with Crippen molar-refractivity contribution in [2.75, 3.05) is 7.11 Å². The van der Waals surface area contributed by atoms with Gasteiger partial charge >= 0.3 is 5.97 Å². The van der Waals surface area contributed by atoms with Crippen molar-refractivity contribution in [2.45, 2.75) is 13.3 Å². The van der Waals surface area contributed by atoms with Crippen LogP contribution >= 0.6 is 0 Å². The fourth-order valence-electron chi connectivity index (χ4n) is 1.90. The maximum absolute atomic E-state index is 10.9. The first-order valence-corrected chi connectivity index (χ1v) is 6.21. The smallest absolute Gasteiger partial charge is 0.307 e. The Labute approximate surface area is 117 Å². The van der Waals surface area contributed by atoms with Crippen LogP contribution in [0.3, 0.4) is 0 Å². The first kappa shape index (κ1) is 13.9. The van der Waals surface area contributed by atoms with Gasteiger partial charge in [0.2, 0.25) is 0 Å². The van der Waals surface area contributed by atoms with Crippen LogP contribution in [0, 0.1) is 6.92 Å². The molecule has 0 saturated heterocycles. The summed E-state index contributed by atoms with van der Waals surface area (Å²) in [5, 5.41) is 8.95. The number of aryl methyl sites for hydroxylation is 1. The highest BCUT2D eigenvalue weighted by Gasteiger charge is 2.09. The highest BCUT2D eigenvalue weighted by Crippen LogP contribution is 2.28. The molecule has 0 saturated carbocycles. The molecule has 0 aliphatic carbocycles. The van der Waals surface area contributed by atoms with E-state index in [2.05, 4.69) is 0 Å². The number of methoxy groups -OCH3 is 1. The van der Waals surface area contributed by atoms with E-state index in [0.29, 0.717) is 22.8 Å². The Hall–Kier alpha value is -2.49. The predicted octanol–water partition coefficient (Wildman–Crippen LogP) is 3.42.